The van der Waals surface area contributed by atoms with Gasteiger partial charge in [-0.1, -0.05) is 95.9 Å². The van der Waals surface area contributed by atoms with Crippen LogP contribution in [0.15, 0.2) is 24.3 Å². The van der Waals surface area contributed by atoms with Crippen molar-refractivity contribution in [1.29, 1.82) is 0 Å². The average molecular weight is 337 g/mol. The Hall–Kier alpha value is -0.490. The average Bonchev–Trinajstić information content (AvgIpc) is 2.57. The van der Waals surface area contributed by atoms with E-state index in [0.29, 0.717) is 0 Å². The van der Waals surface area contributed by atoms with E-state index in [-0.39, 0.29) is 4.87 Å². The van der Waals surface area contributed by atoms with Gasteiger partial charge in [-0.25, -0.2) is 0 Å². The molecule has 0 heterocycles. The third-order valence-electron chi connectivity index (χ3n) is 5.04. The first kappa shape index (κ1) is 20.6. The number of halogens is 1. The highest BCUT2D eigenvalue weighted by atomic mass is 35.5. The van der Waals surface area contributed by atoms with Gasteiger partial charge in [0.25, 0.3) is 0 Å². The molecule has 1 aromatic carbocycles. The zero-order valence-corrected chi connectivity index (χ0v) is 16.4. The van der Waals surface area contributed by atoms with Crippen molar-refractivity contribution < 1.29 is 0 Å². The molecule has 1 heteroatoms. The minimum atomic E-state index is -0.213. The van der Waals surface area contributed by atoms with E-state index < -0.39 is 0 Å². The van der Waals surface area contributed by atoms with Crippen molar-refractivity contribution in [2.24, 2.45) is 0 Å². The summed E-state index contributed by atoms with van der Waals surface area (Å²) in [5.41, 5.74) is 2.78. The fraction of sp³-hybridized carbons (Fsp3) is 0.727. The Morgan fingerprint density at radius 3 is 1.87 bits per heavy atom. The lowest BCUT2D eigenvalue weighted by Crippen LogP contribution is -2.14. The Balaban J connectivity index is 2.19. The van der Waals surface area contributed by atoms with Crippen molar-refractivity contribution >= 4 is 11.6 Å². The van der Waals surface area contributed by atoms with Crippen molar-refractivity contribution in [1.82, 2.24) is 0 Å². The van der Waals surface area contributed by atoms with Crippen LogP contribution in [0.5, 0.6) is 0 Å². The Bertz CT molecular complexity index is 408. The first-order chi connectivity index (χ1) is 11.1. The molecule has 23 heavy (non-hydrogen) atoms. The van der Waals surface area contributed by atoms with E-state index in [2.05, 4.69) is 45.0 Å². The minimum absolute atomic E-state index is 0.213. The summed E-state index contributed by atoms with van der Waals surface area (Å²) in [6.45, 7) is 6.60. The van der Waals surface area contributed by atoms with Gasteiger partial charge in [-0.2, -0.15) is 0 Å². The van der Waals surface area contributed by atoms with Crippen LogP contribution in [0.1, 0.15) is 103 Å². The molecule has 0 saturated carbocycles. The number of unbranched alkanes of at least 4 members (excludes halogenated alkanes) is 9. The Morgan fingerprint density at radius 1 is 0.783 bits per heavy atom. The van der Waals surface area contributed by atoms with Crippen molar-refractivity contribution in [3.8, 4) is 0 Å². The molecule has 0 aromatic heterocycles. The van der Waals surface area contributed by atoms with Crippen LogP contribution >= 0.6 is 11.6 Å². The van der Waals surface area contributed by atoms with Crippen LogP contribution in [-0.4, -0.2) is 0 Å². The van der Waals surface area contributed by atoms with Gasteiger partial charge >= 0.3 is 0 Å². The van der Waals surface area contributed by atoms with Crippen molar-refractivity contribution in [2.75, 3.05) is 0 Å². The molecule has 0 aliphatic rings. The van der Waals surface area contributed by atoms with E-state index >= 15 is 0 Å². The molecule has 1 atom stereocenters. The van der Waals surface area contributed by atoms with Gasteiger partial charge < -0.3 is 0 Å². The van der Waals surface area contributed by atoms with Gasteiger partial charge in [-0.3, -0.25) is 0 Å². The van der Waals surface area contributed by atoms with Gasteiger partial charge in [0.1, 0.15) is 0 Å². The number of aryl methyl sites for hydroxylation is 1. The maximum atomic E-state index is 6.68. The van der Waals surface area contributed by atoms with Gasteiger partial charge in [0.2, 0.25) is 0 Å². The third kappa shape index (κ3) is 8.25. The Labute approximate surface area is 150 Å². The van der Waals surface area contributed by atoms with E-state index in [1.807, 2.05) is 0 Å². The van der Waals surface area contributed by atoms with E-state index in [4.69, 9.17) is 11.6 Å². The summed E-state index contributed by atoms with van der Waals surface area (Å²) in [7, 11) is 0. The lowest BCUT2D eigenvalue weighted by atomic mass is 9.90. The second-order valence-corrected chi connectivity index (χ2v) is 7.97. The molecule has 0 radical (unpaired) electrons. The van der Waals surface area contributed by atoms with Crippen molar-refractivity contribution in [3.05, 3.63) is 35.4 Å². The molecule has 0 spiro atoms. The summed E-state index contributed by atoms with van der Waals surface area (Å²) in [5, 5.41) is 0. The molecule has 0 fully saturated rings. The Morgan fingerprint density at radius 2 is 1.30 bits per heavy atom. The molecule has 1 unspecified atom stereocenters. The highest BCUT2D eigenvalue weighted by Crippen LogP contribution is 2.34. The van der Waals surface area contributed by atoms with Crippen LogP contribution in [-0.2, 0) is 11.3 Å². The second kappa shape index (κ2) is 12.0. The number of rotatable bonds is 13. The summed E-state index contributed by atoms with van der Waals surface area (Å²) in [5.74, 6) is 0. The van der Waals surface area contributed by atoms with E-state index in [9.17, 15) is 0 Å². The number of alkyl halides is 1. The van der Waals surface area contributed by atoms with Crippen LogP contribution in [0.2, 0.25) is 0 Å². The smallest absolute Gasteiger partial charge is 0.0666 e. The van der Waals surface area contributed by atoms with Crippen molar-refractivity contribution in [2.45, 2.75) is 103 Å². The molecule has 0 aliphatic heterocycles. The lowest BCUT2D eigenvalue weighted by molar-refractivity contribution is 0.554. The second-order valence-electron chi connectivity index (χ2n) is 7.14. The van der Waals surface area contributed by atoms with Crippen LogP contribution in [0.4, 0.5) is 0 Å². The zero-order chi connectivity index (χ0) is 17.0. The topological polar surface area (TPSA) is 0 Å². The van der Waals surface area contributed by atoms with Gasteiger partial charge in [0, 0.05) is 0 Å². The number of hydrogen-bond donors (Lipinski definition) is 0. The first-order valence-corrected chi connectivity index (χ1v) is 10.3. The van der Waals surface area contributed by atoms with Gasteiger partial charge in [-0.15, -0.1) is 11.6 Å². The van der Waals surface area contributed by atoms with Gasteiger partial charge in [-0.05, 0) is 37.3 Å². The Kier molecular flexibility index (Phi) is 10.7. The summed E-state index contributed by atoms with van der Waals surface area (Å²) < 4.78 is 0. The molecule has 0 N–H and O–H groups in total. The van der Waals surface area contributed by atoms with Crippen LogP contribution in [0.3, 0.4) is 0 Å². The SMILES string of the molecule is CCCCCCCCCCCCc1ccccc1C(C)(Cl)CC. The normalized spacial score (nSPS) is 13.9. The standard InChI is InChI=1S/C22H37Cl/c1-4-6-7-8-9-10-11-12-13-14-17-20-18-15-16-19-21(20)22(3,23)5-2/h15-16,18-19H,4-14,17H2,1-3H3. The molecule has 0 nitrogen and oxygen atoms in total. The molecular weight excluding hydrogens is 300 g/mol. The van der Waals surface area contributed by atoms with Crippen LogP contribution in [0.25, 0.3) is 0 Å². The number of hydrogen-bond acceptors (Lipinski definition) is 0. The fourth-order valence-corrected chi connectivity index (χ4v) is 3.42. The molecule has 1 rings (SSSR count). The summed E-state index contributed by atoms with van der Waals surface area (Å²) in [6.07, 6.45) is 16.1. The molecule has 132 valence electrons. The summed E-state index contributed by atoms with van der Waals surface area (Å²) >= 11 is 6.68. The predicted octanol–water partition coefficient (Wildman–Crippen LogP) is 8.01. The molecule has 0 aliphatic carbocycles. The molecule has 0 amide bonds. The van der Waals surface area contributed by atoms with Crippen molar-refractivity contribution in [3.63, 3.8) is 0 Å². The van der Waals surface area contributed by atoms with E-state index in [0.717, 1.165) is 6.42 Å². The summed E-state index contributed by atoms with van der Waals surface area (Å²) in [6, 6.07) is 8.74. The van der Waals surface area contributed by atoms with Gasteiger partial charge in [0.05, 0.1) is 4.87 Å². The predicted molar refractivity (Wildman–Crippen MR) is 105 cm³/mol. The zero-order valence-electron chi connectivity index (χ0n) is 15.7. The van der Waals surface area contributed by atoms with E-state index in [1.54, 1.807) is 0 Å². The molecular formula is C22H37Cl. The van der Waals surface area contributed by atoms with Crippen LogP contribution in [0, 0.1) is 0 Å². The largest absolute Gasteiger partial charge is 0.114 e. The third-order valence-corrected chi connectivity index (χ3v) is 5.51. The lowest BCUT2D eigenvalue weighted by Gasteiger charge is -2.24. The molecule has 1 aromatic rings. The maximum Gasteiger partial charge on any atom is 0.0666 e. The van der Waals surface area contributed by atoms with Gasteiger partial charge in [0.15, 0.2) is 0 Å². The monoisotopic (exact) mass is 336 g/mol. The highest BCUT2D eigenvalue weighted by molar-refractivity contribution is 6.23. The first-order valence-electron chi connectivity index (χ1n) is 9.89. The van der Waals surface area contributed by atoms with E-state index in [1.165, 1.54) is 81.8 Å². The minimum Gasteiger partial charge on any atom is -0.114 e. The quantitative estimate of drug-likeness (QED) is 0.252. The molecule has 0 saturated heterocycles. The maximum absolute atomic E-state index is 6.68. The summed E-state index contributed by atoms with van der Waals surface area (Å²) in [4.78, 5) is -0.213. The fourth-order valence-electron chi connectivity index (χ4n) is 3.24. The van der Waals surface area contributed by atoms with Crippen LogP contribution < -0.4 is 0 Å². The highest BCUT2D eigenvalue weighted by Gasteiger charge is 2.23. The molecule has 0 bridgehead atoms. The number of benzene rings is 1.